The van der Waals surface area contributed by atoms with Gasteiger partial charge in [0.1, 0.15) is 91.2 Å². The second-order valence-electron chi connectivity index (χ2n) is 37.8. The van der Waals surface area contributed by atoms with Crippen LogP contribution in [-0.4, -0.2) is 279 Å². The smallest absolute Gasteiger partial charge is 0.256 e. The summed E-state index contributed by atoms with van der Waals surface area (Å²) in [4.78, 5) is 164. The van der Waals surface area contributed by atoms with Crippen LogP contribution in [0.25, 0.3) is 17.3 Å². The lowest BCUT2D eigenvalue weighted by atomic mass is 9.57. The number of anilines is 4. The average Bonchev–Trinajstić information content (AvgIpc) is 0.709. The van der Waals surface area contributed by atoms with Crippen molar-refractivity contribution in [3.63, 3.8) is 0 Å². The number of primary amides is 3. The third-order valence-electron chi connectivity index (χ3n) is 29.3. The Bertz CT molecular complexity index is 6220. The van der Waals surface area contributed by atoms with Crippen molar-refractivity contribution < 1.29 is 141 Å². The van der Waals surface area contributed by atoms with Gasteiger partial charge in [-0.3, -0.25) is 62.4 Å². The number of hydrogen-bond acceptors (Lipinski definition) is 36. The van der Waals surface area contributed by atoms with Gasteiger partial charge in [-0.1, -0.05) is 39.3 Å². The van der Waals surface area contributed by atoms with E-state index in [1.54, 1.807) is 76.1 Å². The van der Waals surface area contributed by atoms with E-state index in [1.165, 1.54) is 30.3 Å². The number of rotatable bonds is 13. The number of oxime groups is 1. The molecular weight excluding hydrogens is 1760 g/mol. The highest BCUT2D eigenvalue weighted by Crippen LogP contribution is 2.59. The Morgan fingerprint density at radius 3 is 1.24 bits per heavy atom. The van der Waals surface area contributed by atoms with Crippen LogP contribution in [0.4, 0.5) is 22.7 Å². The Morgan fingerprint density at radius 2 is 0.837 bits per heavy atom. The molecule has 3 amide bonds. The molecule has 135 heavy (non-hydrogen) atoms. The van der Waals surface area contributed by atoms with E-state index >= 15 is 0 Å². The van der Waals surface area contributed by atoms with Crippen LogP contribution in [0.1, 0.15) is 130 Å². The predicted octanol–water partition coefficient (Wildman–Crippen LogP) is 3.67. The van der Waals surface area contributed by atoms with Gasteiger partial charge in [0.05, 0.1) is 46.3 Å². The van der Waals surface area contributed by atoms with Gasteiger partial charge in [0, 0.05) is 133 Å². The summed E-state index contributed by atoms with van der Waals surface area (Å²) in [5, 5.41) is 180. The Kier molecular flexibility index (Phi) is 25.9. The van der Waals surface area contributed by atoms with Crippen LogP contribution in [0.5, 0.6) is 23.0 Å². The van der Waals surface area contributed by atoms with Crippen molar-refractivity contribution in [2.24, 2.45) is 81.4 Å². The number of aliphatic hydroxyl groups excluding tert-OH is 7. The number of ketones is 9. The third kappa shape index (κ3) is 14.9. The highest BCUT2D eigenvalue weighted by atomic mass is 16.4. The molecule has 39 nitrogen and oxygen atoms in total. The number of aliphatic hydroxyl groups is 11. The first kappa shape index (κ1) is 98.9. The molecule has 17 rings (SSSR count). The number of hydrogen-bond donors (Lipinski definition) is 21. The Labute approximate surface area is 775 Å². The van der Waals surface area contributed by atoms with Crippen molar-refractivity contribution in [1.82, 2.24) is 10.2 Å². The number of nitrogens with zero attached hydrogens (tertiary/aromatic N) is 6. The Balaban J connectivity index is 0.000000162. The molecular formula is C96H115N11O28. The number of nitrogens with two attached hydrogens (primary N) is 4. The predicted molar refractivity (Wildman–Crippen MR) is 490 cm³/mol. The van der Waals surface area contributed by atoms with Crippen molar-refractivity contribution in [3.8, 4) is 23.0 Å². The zero-order valence-corrected chi connectivity index (χ0v) is 75.4. The SMILES string of the molecule is C.CCC(C)C(=O)C1=C(O)C2(O)C(=O)C3=C(O)c4c(O)ccc(N(C)C)c4CC3CC2C(N)C1=O.CN(C)c1ccc(O)c2c1CC1CC3/C(=N/O)C(O)=C(C(N)=O)C(=O)C3(O)C(=O)C1=C2O.CN(C)c1ccc(O)c2c1CC1CC3C(N(C)C)C(=O)C(C(N)=O)=C(O)C3(O)C=C1C2=O.CN(C)c1ccc(O)c2c1CC1CC3[C@@H](NC4CCCC4)C(=O)C(C(N)=O)=C(O)C3(O)C(=O)C1=C2O.[HH]. The molecule has 4 fully saturated rings. The van der Waals surface area contributed by atoms with Crippen LogP contribution >= 0.6 is 0 Å². The van der Waals surface area contributed by atoms with Gasteiger partial charge in [-0.05, 0) is 185 Å². The number of nitrogens with one attached hydrogen (secondary N) is 1. The van der Waals surface area contributed by atoms with Crippen molar-refractivity contribution in [3.05, 3.63) is 167 Å². The third-order valence-corrected chi connectivity index (χ3v) is 29.3. The largest absolute Gasteiger partial charge is 0.508 e. The highest BCUT2D eigenvalue weighted by molar-refractivity contribution is 6.38. The van der Waals surface area contributed by atoms with E-state index in [0.717, 1.165) is 42.7 Å². The van der Waals surface area contributed by atoms with Crippen molar-refractivity contribution >= 4 is 116 Å². The number of carbonyl (C=O) groups is 12. The van der Waals surface area contributed by atoms with Crippen LogP contribution in [0, 0.1) is 53.3 Å². The van der Waals surface area contributed by atoms with Crippen LogP contribution in [0.2, 0.25) is 0 Å². The second kappa shape index (κ2) is 35.4. The van der Waals surface area contributed by atoms with Gasteiger partial charge >= 0.3 is 0 Å². The molecule has 0 heterocycles. The number of allylic oxidation sites excluding steroid dienone is 2. The molecule has 4 aromatic carbocycles. The first-order valence-corrected chi connectivity index (χ1v) is 43.7. The van der Waals surface area contributed by atoms with Gasteiger partial charge in [-0.25, -0.2) is 0 Å². The molecule has 0 aliphatic heterocycles. The fraction of sp³-hybridized carbons (Fsp3) is 0.448. The molecule has 4 saturated carbocycles. The maximum absolute atomic E-state index is 13.9. The number of carbonyl (C=O) groups excluding carboxylic acids is 12. The Morgan fingerprint density at radius 1 is 0.467 bits per heavy atom. The van der Waals surface area contributed by atoms with Crippen LogP contribution in [-0.2, 0) is 78.4 Å². The van der Waals surface area contributed by atoms with E-state index in [1.807, 2.05) is 57.0 Å². The first-order valence-electron chi connectivity index (χ1n) is 43.7. The van der Waals surface area contributed by atoms with Crippen molar-refractivity contribution in [2.75, 3.05) is 90.1 Å². The molecule has 13 aliphatic rings. The summed E-state index contributed by atoms with van der Waals surface area (Å²) in [6.07, 6.45) is 6.40. The van der Waals surface area contributed by atoms with E-state index < -0.39 is 226 Å². The lowest BCUT2D eigenvalue weighted by Gasteiger charge is -2.49. The molecule has 0 saturated heterocycles. The number of amides is 3. The number of phenolic OH excluding ortho intramolecular Hbond substituents is 4. The van der Waals surface area contributed by atoms with Gasteiger partial charge in [0.15, 0.2) is 51.5 Å². The minimum Gasteiger partial charge on any atom is -0.508 e. The summed E-state index contributed by atoms with van der Waals surface area (Å²) in [7, 11) is 17.8. The van der Waals surface area contributed by atoms with Gasteiger partial charge in [-0.15, -0.1) is 0 Å². The molecule has 4 aromatic rings. The standard InChI is InChI=1S/C26H31N3O7.C25H30N2O7.C23H27N3O6.C21H21N3O8.CH4.H2/c1-29(2)15-7-8-16(30)18-13(15)9-11-10-14-20(28-12-5-3-4-6-12)22(32)19(25(27)35)24(34)26(14,36)23(33)17(11)21(18)31;1-5-10(2)20(29)18-22(31)19(26)13-9-11-8-12-14(27(3)4)6-7-15(28)17(12)21(30)16(11)23(32)25(13,34)24(18)33;1-25(2)14-5-6-15(27)16-11(14)7-10-8-13-18(26(3)4)20(29)17(22(24)31)21(30)23(13,32)9-12(10)19(16)28;1-24(2)10-3-4-11(25)13-8(10)5-7-6-9-15(23-32)17(27)14(20(22)30)19(29)21(9,31)18(28)12(7)16(13)26;;/h7-8,11-12,14,20,28,30-31,34,36H,3-6,9-10H2,1-2H3,(H2,27,35);6-7,10-11,13,19,28,30,33-34H,5,8-9,26H2,1-4H3;5-6,9-10,13,18,27,30,32H,7-8H2,1-4H3,(H2,24,31);3-4,7,9,25-27,31-32H,5-6H2,1-2H3,(H2,22,30);1H4;1H/b;;;23-15-;;/t11?,14?,20-,26?;;;;;/m1...../s1. The van der Waals surface area contributed by atoms with Crippen molar-refractivity contribution in [1.29, 1.82) is 0 Å². The lowest BCUT2D eigenvalue weighted by Crippen LogP contribution is -2.66. The molecule has 39 heteroatoms. The molecule has 0 radical (unpaired) electrons. The normalized spacial score (nSPS) is 29.2. The van der Waals surface area contributed by atoms with Gasteiger partial charge in [0.2, 0.25) is 23.1 Å². The number of phenols is 4. The van der Waals surface area contributed by atoms with Crippen LogP contribution in [0.3, 0.4) is 0 Å². The van der Waals surface area contributed by atoms with E-state index in [4.69, 9.17) is 22.9 Å². The number of benzene rings is 4. The lowest BCUT2D eigenvalue weighted by molar-refractivity contribution is -0.154. The number of fused-ring (bicyclic) bond motifs is 12. The molecule has 0 spiro atoms. The molecule has 15 unspecified atom stereocenters. The minimum absolute atomic E-state index is 0. The summed E-state index contributed by atoms with van der Waals surface area (Å²) in [5.41, 5.74) is 13.5. The Hall–Kier alpha value is -13.6. The fourth-order valence-electron chi connectivity index (χ4n) is 22.7. The topological polar surface area (TPSA) is 673 Å². The quantitative estimate of drug-likeness (QED) is 0.0393. The van der Waals surface area contributed by atoms with Gasteiger partial charge in [-0.2, -0.15) is 0 Å². The highest BCUT2D eigenvalue weighted by Gasteiger charge is 2.68. The maximum Gasteiger partial charge on any atom is 0.256 e. The monoisotopic (exact) mass is 1870 g/mol. The number of Topliss-reactive ketones (excluding diaryl/α,β-unsaturated/α-hetero) is 9. The summed E-state index contributed by atoms with van der Waals surface area (Å²) in [6, 6.07) is 9.00. The number of likely N-dealkylation sites (N-methyl/N-ethyl adjacent to an activating group) is 1. The summed E-state index contributed by atoms with van der Waals surface area (Å²) in [5.74, 6) is -25.6. The second-order valence-corrected chi connectivity index (χ2v) is 37.8. The first-order chi connectivity index (χ1) is 62.7. The van der Waals surface area contributed by atoms with E-state index in [0.29, 0.717) is 40.8 Å². The number of aromatic hydroxyl groups is 4. The molecule has 0 aromatic heterocycles. The molecule has 16 atom stereocenters. The molecule has 13 aliphatic carbocycles. The van der Waals surface area contributed by atoms with Gasteiger partial charge in [0.25, 0.3) is 17.7 Å². The zero-order chi connectivity index (χ0) is 98.8. The summed E-state index contributed by atoms with van der Waals surface area (Å²) >= 11 is 0. The van der Waals surface area contributed by atoms with Crippen LogP contribution in [0.15, 0.2) is 127 Å². The fourth-order valence-corrected chi connectivity index (χ4v) is 22.7. The molecule has 722 valence electrons. The average molecular weight is 1870 g/mol. The van der Waals surface area contributed by atoms with E-state index in [9.17, 15) is 139 Å². The zero-order valence-electron chi connectivity index (χ0n) is 75.4. The van der Waals surface area contributed by atoms with E-state index in [-0.39, 0.29) is 133 Å². The molecule has 25 N–H and O–H groups in total. The minimum atomic E-state index is -2.93. The van der Waals surface area contributed by atoms with Gasteiger partial charge < -0.3 is 130 Å². The summed E-state index contributed by atoms with van der Waals surface area (Å²) < 4.78 is 0. The molecule has 0 bridgehead atoms. The van der Waals surface area contributed by atoms with E-state index in [2.05, 4.69) is 10.5 Å². The maximum atomic E-state index is 13.9. The van der Waals surface area contributed by atoms with Crippen molar-refractivity contribution in [2.45, 2.75) is 151 Å². The summed E-state index contributed by atoms with van der Waals surface area (Å²) in [6.45, 7) is 3.31. The van der Waals surface area contributed by atoms with Crippen LogP contribution < -0.4 is 47.9 Å².